The highest BCUT2D eigenvalue weighted by Gasteiger charge is 2.19. The molecule has 0 atom stereocenters. The van der Waals surface area contributed by atoms with Gasteiger partial charge in [-0.3, -0.25) is 4.99 Å². The number of guanidine groups is 1. The number of para-hydroxylation sites is 1. The molecule has 158 valence electrons. The molecule has 6 nitrogen and oxygen atoms in total. The first kappa shape index (κ1) is 22.5. The van der Waals surface area contributed by atoms with Gasteiger partial charge in [-0.2, -0.15) is 0 Å². The zero-order valence-electron chi connectivity index (χ0n) is 18.1. The van der Waals surface area contributed by atoms with Crippen molar-refractivity contribution in [2.24, 2.45) is 10.9 Å². The van der Waals surface area contributed by atoms with Crippen LogP contribution in [0, 0.1) is 12.8 Å². The van der Waals surface area contributed by atoms with Gasteiger partial charge in [0, 0.05) is 33.8 Å². The summed E-state index contributed by atoms with van der Waals surface area (Å²) >= 11 is 0. The highest BCUT2D eigenvalue weighted by Crippen LogP contribution is 2.18. The van der Waals surface area contributed by atoms with E-state index in [2.05, 4.69) is 42.1 Å². The predicted molar refractivity (Wildman–Crippen MR) is 116 cm³/mol. The predicted octanol–water partition coefficient (Wildman–Crippen LogP) is 2.63. The first-order valence-corrected chi connectivity index (χ1v) is 10.5. The third-order valence-electron chi connectivity index (χ3n) is 5.29. The number of aliphatic imine (C=N–C) groups is 1. The number of likely N-dealkylation sites (tertiary alicyclic amines) is 1. The molecule has 2 rings (SSSR count). The third-order valence-corrected chi connectivity index (χ3v) is 5.29. The van der Waals surface area contributed by atoms with Gasteiger partial charge in [0.05, 0.1) is 13.2 Å². The molecule has 0 spiro atoms. The number of hydrogen-bond acceptors (Lipinski definition) is 4. The second kappa shape index (κ2) is 12.6. The van der Waals surface area contributed by atoms with Crippen LogP contribution in [0.15, 0.2) is 29.3 Å². The van der Waals surface area contributed by atoms with E-state index in [0.717, 1.165) is 57.6 Å². The van der Waals surface area contributed by atoms with Crippen molar-refractivity contribution in [3.05, 3.63) is 29.8 Å². The van der Waals surface area contributed by atoms with Gasteiger partial charge in [-0.25, -0.2) is 0 Å². The Morgan fingerprint density at radius 3 is 2.68 bits per heavy atom. The summed E-state index contributed by atoms with van der Waals surface area (Å²) in [5, 5.41) is 3.41. The second-order valence-corrected chi connectivity index (χ2v) is 7.51. The molecule has 1 aliphatic rings. The summed E-state index contributed by atoms with van der Waals surface area (Å²) in [6, 6.07) is 8.14. The van der Waals surface area contributed by atoms with E-state index in [0.29, 0.717) is 12.5 Å². The summed E-state index contributed by atoms with van der Waals surface area (Å²) in [6.07, 6.45) is 2.43. The van der Waals surface area contributed by atoms with E-state index in [1.807, 2.05) is 18.2 Å². The van der Waals surface area contributed by atoms with E-state index < -0.39 is 0 Å². The molecule has 0 amide bonds. The number of benzene rings is 1. The minimum Gasteiger partial charge on any atom is -0.491 e. The van der Waals surface area contributed by atoms with Crippen molar-refractivity contribution in [3.8, 4) is 5.75 Å². The molecule has 1 fully saturated rings. The van der Waals surface area contributed by atoms with Gasteiger partial charge >= 0.3 is 0 Å². The number of nitrogens with one attached hydrogen (secondary N) is 1. The van der Waals surface area contributed by atoms with Crippen LogP contribution >= 0.6 is 0 Å². The SMILES string of the molecule is CCNC(=NCC1CCN(CCOC)CC1)N(C)CCOc1ccccc1C. The molecule has 0 radical (unpaired) electrons. The lowest BCUT2D eigenvalue weighted by atomic mass is 9.97. The lowest BCUT2D eigenvalue weighted by molar-refractivity contribution is 0.121. The fourth-order valence-corrected chi connectivity index (χ4v) is 3.42. The number of rotatable bonds is 10. The lowest BCUT2D eigenvalue weighted by Crippen LogP contribution is -2.41. The molecule has 0 saturated carbocycles. The van der Waals surface area contributed by atoms with Crippen molar-refractivity contribution in [2.75, 3.05) is 66.6 Å². The highest BCUT2D eigenvalue weighted by atomic mass is 16.5. The first-order chi connectivity index (χ1) is 13.6. The molecule has 1 saturated heterocycles. The van der Waals surface area contributed by atoms with Crippen molar-refractivity contribution in [3.63, 3.8) is 0 Å². The molecule has 0 aliphatic carbocycles. The molecule has 1 aliphatic heterocycles. The molecule has 28 heavy (non-hydrogen) atoms. The smallest absolute Gasteiger partial charge is 0.193 e. The maximum Gasteiger partial charge on any atom is 0.193 e. The Morgan fingerprint density at radius 1 is 1.25 bits per heavy atom. The molecular formula is C22H38N4O2. The second-order valence-electron chi connectivity index (χ2n) is 7.51. The van der Waals surface area contributed by atoms with Gasteiger partial charge in [0.2, 0.25) is 0 Å². The maximum absolute atomic E-state index is 5.93. The Morgan fingerprint density at radius 2 is 2.00 bits per heavy atom. The normalized spacial score (nSPS) is 16.2. The fraction of sp³-hybridized carbons (Fsp3) is 0.682. The highest BCUT2D eigenvalue weighted by molar-refractivity contribution is 5.79. The summed E-state index contributed by atoms with van der Waals surface area (Å²) in [4.78, 5) is 9.55. The summed E-state index contributed by atoms with van der Waals surface area (Å²) in [6.45, 7) is 11.6. The summed E-state index contributed by atoms with van der Waals surface area (Å²) in [7, 11) is 3.85. The Balaban J connectivity index is 1.77. The standard InChI is InChI=1S/C22H38N4O2/c1-5-23-22(24-18-20-10-12-26(13-11-20)15-16-27-4)25(3)14-17-28-21-9-7-6-8-19(21)2/h6-9,20H,5,10-18H2,1-4H3,(H,23,24). The molecule has 1 heterocycles. The molecule has 1 N–H and O–H groups in total. The lowest BCUT2D eigenvalue weighted by Gasteiger charge is -2.31. The molecule has 1 aromatic carbocycles. The number of ether oxygens (including phenoxy) is 2. The van der Waals surface area contributed by atoms with Crippen LogP contribution in [0.25, 0.3) is 0 Å². The summed E-state index contributed by atoms with van der Waals surface area (Å²) in [5.74, 6) is 2.60. The van der Waals surface area contributed by atoms with E-state index >= 15 is 0 Å². The van der Waals surface area contributed by atoms with Crippen LogP contribution < -0.4 is 10.1 Å². The average molecular weight is 391 g/mol. The van der Waals surface area contributed by atoms with Gasteiger partial charge in [0.15, 0.2) is 5.96 Å². The van der Waals surface area contributed by atoms with Crippen LogP contribution in [0.3, 0.4) is 0 Å². The Kier molecular flexibility index (Phi) is 10.1. The number of nitrogens with zero attached hydrogens (tertiary/aromatic N) is 3. The monoisotopic (exact) mass is 390 g/mol. The largest absolute Gasteiger partial charge is 0.491 e. The zero-order valence-corrected chi connectivity index (χ0v) is 18.1. The summed E-state index contributed by atoms with van der Waals surface area (Å²) in [5.41, 5.74) is 1.17. The van der Waals surface area contributed by atoms with Crippen LogP contribution in [0.1, 0.15) is 25.3 Å². The number of likely N-dealkylation sites (N-methyl/N-ethyl adjacent to an activating group) is 1. The van der Waals surface area contributed by atoms with E-state index in [4.69, 9.17) is 14.5 Å². The Labute approximate surface area is 170 Å². The number of aryl methyl sites for hydroxylation is 1. The molecule has 0 aromatic heterocycles. The van der Waals surface area contributed by atoms with Crippen LogP contribution in [0.5, 0.6) is 5.75 Å². The van der Waals surface area contributed by atoms with Gasteiger partial charge < -0.3 is 24.6 Å². The van der Waals surface area contributed by atoms with Gasteiger partial charge in [-0.1, -0.05) is 18.2 Å². The Hall–Kier alpha value is -1.79. The topological polar surface area (TPSA) is 49.3 Å². The quantitative estimate of drug-likeness (QED) is 0.492. The first-order valence-electron chi connectivity index (χ1n) is 10.5. The van der Waals surface area contributed by atoms with E-state index in [9.17, 15) is 0 Å². The molecule has 6 heteroatoms. The third kappa shape index (κ3) is 7.68. The van der Waals surface area contributed by atoms with Crippen molar-refractivity contribution >= 4 is 5.96 Å². The molecular weight excluding hydrogens is 352 g/mol. The maximum atomic E-state index is 5.93. The average Bonchev–Trinajstić information content (AvgIpc) is 2.71. The van der Waals surface area contributed by atoms with Crippen molar-refractivity contribution in [1.29, 1.82) is 0 Å². The van der Waals surface area contributed by atoms with Gasteiger partial charge in [0.25, 0.3) is 0 Å². The van der Waals surface area contributed by atoms with Crippen molar-refractivity contribution < 1.29 is 9.47 Å². The van der Waals surface area contributed by atoms with Crippen LogP contribution in [0.4, 0.5) is 0 Å². The van der Waals surface area contributed by atoms with Gasteiger partial charge in [0.1, 0.15) is 12.4 Å². The van der Waals surface area contributed by atoms with E-state index in [-0.39, 0.29) is 0 Å². The van der Waals surface area contributed by atoms with Crippen molar-refractivity contribution in [2.45, 2.75) is 26.7 Å². The number of methoxy groups -OCH3 is 1. The van der Waals surface area contributed by atoms with Gasteiger partial charge in [-0.15, -0.1) is 0 Å². The van der Waals surface area contributed by atoms with E-state index in [1.54, 1.807) is 7.11 Å². The van der Waals surface area contributed by atoms with Crippen LogP contribution in [-0.2, 0) is 4.74 Å². The molecule has 1 aromatic rings. The number of hydrogen-bond donors (Lipinski definition) is 1. The van der Waals surface area contributed by atoms with Crippen LogP contribution in [-0.4, -0.2) is 82.4 Å². The van der Waals surface area contributed by atoms with Crippen molar-refractivity contribution in [1.82, 2.24) is 15.1 Å². The molecule has 0 bridgehead atoms. The minimum absolute atomic E-state index is 0.643. The Bertz CT molecular complexity index is 586. The van der Waals surface area contributed by atoms with Crippen LogP contribution in [0.2, 0.25) is 0 Å². The fourth-order valence-electron chi connectivity index (χ4n) is 3.42. The number of piperidine rings is 1. The summed E-state index contributed by atoms with van der Waals surface area (Å²) < 4.78 is 11.1. The van der Waals surface area contributed by atoms with Gasteiger partial charge in [-0.05, 0) is 57.3 Å². The van der Waals surface area contributed by atoms with E-state index in [1.165, 1.54) is 18.4 Å². The zero-order chi connectivity index (χ0) is 20.2. The molecule has 0 unspecified atom stereocenters. The minimum atomic E-state index is 0.643.